The highest BCUT2D eigenvalue weighted by atomic mass is 35.5. The molecule has 0 aliphatic carbocycles. The fourth-order valence-electron chi connectivity index (χ4n) is 2.51. The van der Waals surface area contributed by atoms with Crippen LogP contribution in [0.15, 0.2) is 60.8 Å². The number of halogens is 2. The van der Waals surface area contributed by atoms with Gasteiger partial charge in [0.05, 0.1) is 0 Å². The van der Waals surface area contributed by atoms with Crippen LogP contribution in [0.4, 0.5) is 10.1 Å². The van der Waals surface area contributed by atoms with Gasteiger partial charge in [0, 0.05) is 29.0 Å². The predicted molar refractivity (Wildman–Crippen MR) is 106 cm³/mol. The Labute approximate surface area is 166 Å². The van der Waals surface area contributed by atoms with Gasteiger partial charge in [-0.2, -0.15) is 0 Å². The second kappa shape index (κ2) is 8.63. The first-order valence-corrected chi connectivity index (χ1v) is 8.87. The molecular formula is C21H17ClFN3O2. The van der Waals surface area contributed by atoms with Crippen LogP contribution >= 0.6 is 11.6 Å². The van der Waals surface area contributed by atoms with Gasteiger partial charge in [0.1, 0.15) is 11.5 Å². The molecule has 1 aromatic heterocycles. The third kappa shape index (κ3) is 4.72. The molecule has 2 amide bonds. The second-order valence-electron chi connectivity index (χ2n) is 6.11. The molecule has 7 heteroatoms. The van der Waals surface area contributed by atoms with Crippen LogP contribution in [0.1, 0.15) is 32.0 Å². The molecule has 5 nitrogen and oxygen atoms in total. The van der Waals surface area contributed by atoms with Crippen molar-refractivity contribution in [2.45, 2.75) is 13.5 Å². The number of benzene rings is 2. The van der Waals surface area contributed by atoms with Gasteiger partial charge >= 0.3 is 0 Å². The Bertz CT molecular complexity index is 1020. The number of carbonyl (C=O) groups excluding carboxylic acids is 2. The van der Waals surface area contributed by atoms with E-state index < -0.39 is 5.91 Å². The third-order valence-electron chi connectivity index (χ3n) is 4.14. The lowest BCUT2D eigenvalue weighted by atomic mass is 10.1. The van der Waals surface area contributed by atoms with Crippen molar-refractivity contribution in [2.24, 2.45) is 0 Å². The lowest BCUT2D eigenvalue weighted by molar-refractivity contribution is 0.0951. The zero-order valence-corrected chi connectivity index (χ0v) is 15.8. The molecule has 0 aliphatic heterocycles. The smallest absolute Gasteiger partial charge is 0.274 e. The van der Waals surface area contributed by atoms with Crippen molar-refractivity contribution in [3.05, 3.63) is 94.0 Å². The van der Waals surface area contributed by atoms with E-state index in [-0.39, 0.29) is 24.0 Å². The van der Waals surface area contributed by atoms with Crippen molar-refractivity contribution >= 4 is 29.1 Å². The highest BCUT2D eigenvalue weighted by Crippen LogP contribution is 2.23. The largest absolute Gasteiger partial charge is 0.348 e. The molecule has 0 saturated carbocycles. The molecule has 142 valence electrons. The monoisotopic (exact) mass is 397 g/mol. The molecular weight excluding hydrogens is 381 g/mol. The maximum absolute atomic E-state index is 12.9. The summed E-state index contributed by atoms with van der Waals surface area (Å²) in [6, 6.07) is 14.0. The number of anilines is 1. The molecule has 1 heterocycles. The normalized spacial score (nSPS) is 10.4. The predicted octanol–water partition coefficient (Wildman–Crippen LogP) is 4.36. The molecule has 0 spiro atoms. The summed E-state index contributed by atoms with van der Waals surface area (Å²) in [6.45, 7) is 2.04. The summed E-state index contributed by atoms with van der Waals surface area (Å²) >= 11 is 6.06. The Morgan fingerprint density at radius 1 is 1.07 bits per heavy atom. The summed E-state index contributed by atoms with van der Waals surface area (Å²) < 4.78 is 12.9. The van der Waals surface area contributed by atoms with Crippen LogP contribution in [0.2, 0.25) is 5.02 Å². The Kier molecular flexibility index (Phi) is 6.01. The zero-order chi connectivity index (χ0) is 20.1. The summed E-state index contributed by atoms with van der Waals surface area (Å²) in [6.07, 6.45) is 1.40. The Morgan fingerprint density at radius 2 is 1.82 bits per heavy atom. The fourth-order valence-corrected chi connectivity index (χ4v) is 2.69. The SMILES string of the molecule is Cc1c(Cl)cccc1NC(=O)c1cc(C(=O)NCc2ccc(F)cc2)ccn1. The average molecular weight is 398 g/mol. The summed E-state index contributed by atoms with van der Waals surface area (Å²) in [7, 11) is 0. The summed E-state index contributed by atoms with van der Waals surface area (Å²) in [5.41, 5.74) is 2.48. The summed E-state index contributed by atoms with van der Waals surface area (Å²) in [4.78, 5) is 28.9. The third-order valence-corrected chi connectivity index (χ3v) is 4.55. The first-order chi connectivity index (χ1) is 13.4. The van der Waals surface area contributed by atoms with Crippen molar-refractivity contribution in [1.29, 1.82) is 0 Å². The number of pyridine rings is 1. The maximum Gasteiger partial charge on any atom is 0.274 e. The Balaban J connectivity index is 1.68. The molecule has 0 fully saturated rings. The number of hydrogen-bond donors (Lipinski definition) is 2. The molecule has 3 aromatic rings. The van der Waals surface area contributed by atoms with Gasteiger partial charge in [-0.15, -0.1) is 0 Å². The Morgan fingerprint density at radius 3 is 2.57 bits per heavy atom. The second-order valence-corrected chi connectivity index (χ2v) is 6.51. The highest BCUT2D eigenvalue weighted by molar-refractivity contribution is 6.31. The van der Waals surface area contributed by atoms with E-state index >= 15 is 0 Å². The van der Waals surface area contributed by atoms with E-state index in [0.29, 0.717) is 16.3 Å². The van der Waals surface area contributed by atoms with E-state index in [1.807, 2.05) is 0 Å². The molecule has 0 radical (unpaired) electrons. The standard InChI is InChI=1S/C21H17ClFN3O2/c1-13-17(22)3-2-4-18(13)26-21(28)19-11-15(9-10-24-19)20(27)25-12-14-5-7-16(23)8-6-14/h2-11H,12H2,1H3,(H,25,27)(H,26,28). The molecule has 0 unspecified atom stereocenters. The van der Waals surface area contributed by atoms with Crippen LogP contribution in [0, 0.1) is 12.7 Å². The van der Waals surface area contributed by atoms with E-state index in [1.165, 1.54) is 30.5 Å². The molecule has 0 bridgehead atoms. The number of carbonyl (C=O) groups is 2. The molecule has 0 saturated heterocycles. The number of nitrogens with one attached hydrogen (secondary N) is 2. The topological polar surface area (TPSA) is 71.1 Å². The van der Waals surface area contributed by atoms with Crippen LogP contribution in [0.5, 0.6) is 0 Å². The number of aromatic nitrogens is 1. The van der Waals surface area contributed by atoms with E-state index in [4.69, 9.17) is 11.6 Å². The van der Waals surface area contributed by atoms with Crippen molar-refractivity contribution in [1.82, 2.24) is 10.3 Å². The van der Waals surface area contributed by atoms with Gasteiger partial charge in [-0.25, -0.2) is 4.39 Å². The van der Waals surface area contributed by atoms with Gasteiger partial charge < -0.3 is 10.6 Å². The average Bonchev–Trinajstić information content (AvgIpc) is 2.71. The van der Waals surface area contributed by atoms with Crippen LogP contribution in [-0.2, 0) is 6.54 Å². The quantitative estimate of drug-likeness (QED) is 0.671. The molecule has 0 atom stereocenters. The summed E-state index contributed by atoms with van der Waals surface area (Å²) in [5.74, 6) is -1.15. The van der Waals surface area contributed by atoms with Crippen molar-refractivity contribution in [3.8, 4) is 0 Å². The van der Waals surface area contributed by atoms with Crippen molar-refractivity contribution in [3.63, 3.8) is 0 Å². The number of amides is 2. The van der Waals surface area contributed by atoms with E-state index in [1.54, 1.807) is 37.3 Å². The first kappa shape index (κ1) is 19.5. The van der Waals surface area contributed by atoms with Gasteiger partial charge in [-0.05, 0) is 54.4 Å². The van der Waals surface area contributed by atoms with Crippen molar-refractivity contribution < 1.29 is 14.0 Å². The lowest BCUT2D eigenvalue weighted by Gasteiger charge is -2.10. The molecule has 3 rings (SSSR count). The summed E-state index contributed by atoms with van der Waals surface area (Å²) in [5, 5.41) is 6.01. The molecule has 28 heavy (non-hydrogen) atoms. The lowest BCUT2D eigenvalue weighted by Crippen LogP contribution is -2.23. The molecule has 2 N–H and O–H groups in total. The van der Waals surface area contributed by atoms with Crippen LogP contribution in [0.25, 0.3) is 0 Å². The molecule has 0 aliphatic rings. The Hall–Kier alpha value is -3.25. The van der Waals surface area contributed by atoms with Gasteiger partial charge in [-0.3, -0.25) is 14.6 Å². The van der Waals surface area contributed by atoms with Gasteiger partial charge in [0.25, 0.3) is 11.8 Å². The zero-order valence-electron chi connectivity index (χ0n) is 15.0. The maximum atomic E-state index is 12.9. The van der Waals surface area contributed by atoms with Gasteiger partial charge in [-0.1, -0.05) is 29.8 Å². The van der Waals surface area contributed by atoms with E-state index in [0.717, 1.165) is 11.1 Å². The number of nitrogens with zero attached hydrogens (tertiary/aromatic N) is 1. The van der Waals surface area contributed by atoms with Crippen molar-refractivity contribution in [2.75, 3.05) is 5.32 Å². The highest BCUT2D eigenvalue weighted by Gasteiger charge is 2.13. The minimum absolute atomic E-state index is 0.105. The number of hydrogen-bond acceptors (Lipinski definition) is 3. The molecule has 2 aromatic carbocycles. The van der Waals surface area contributed by atoms with Crippen LogP contribution < -0.4 is 10.6 Å². The van der Waals surface area contributed by atoms with E-state index in [9.17, 15) is 14.0 Å². The minimum Gasteiger partial charge on any atom is -0.348 e. The first-order valence-electron chi connectivity index (χ1n) is 8.49. The van der Waals surface area contributed by atoms with Crippen LogP contribution in [0.3, 0.4) is 0 Å². The van der Waals surface area contributed by atoms with E-state index in [2.05, 4.69) is 15.6 Å². The number of rotatable bonds is 5. The fraction of sp³-hybridized carbons (Fsp3) is 0.0952. The van der Waals surface area contributed by atoms with Gasteiger partial charge in [0.2, 0.25) is 0 Å². The van der Waals surface area contributed by atoms with Gasteiger partial charge in [0.15, 0.2) is 0 Å². The van der Waals surface area contributed by atoms with Crippen LogP contribution in [-0.4, -0.2) is 16.8 Å². The minimum atomic E-state index is -0.446.